The van der Waals surface area contributed by atoms with Crippen LogP contribution >= 0.6 is 22.6 Å². The zero-order valence-electron chi connectivity index (χ0n) is 10.9. The molecule has 0 bridgehead atoms. The Bertz CT molecular complexity index is 715. The van der Waals surface area contributed by atoms with Gasteiger partial charge in [0.2, 0.25) is 0 Å². The van der Waals surface area contributed by atoms with Gasteiger partial charge < -0.3 is 20.8 Å². The summed E-state index contributed by atoms with van der Waals surface area (Å²) in [5.41, 5.74) is 6.39. The Labute approximate surface area is 128 Å². The number of anilines is 3. The molecule has 0 radical (unpaired) electrons. The summed E-state index contributed by atoms with van der Waals surface area (Å²) in [6.07, 6.45) is 0. The number of pyridine rings is 1. The van der Waals surface area contributed by atoms with E-state index in [1.807, 2.05) is 22.6 Å². The molecule has 0 amide bonds. The van der Waals surface area contributed by atoms with Crippen molar-refractivity contribution in [1.29, 1.82) is 0 Å². The number of rotatable bonds is 3. The van der Waals surface area contributed by atoms with Crippen LogP contribution in [0.25, 0.3) is 0 Å². The third-order valence-corrected chi connectivity index (χ3v) is 3.50. The predicted molar refractivity (Wildman–Crippen MR) is 85.2 cm³/mol. The molecule has 1 heterocycles. The smallest absolute Gasteiger partial charge is 0.256 e. The van der Waals surface area contributed by atoms with Gasteiger partial charge in [0, 0.05) is 3.57 Å². The molecule has 2 aromatic rings. The van der Waals surface area contributed by atoms with Crippen LogP contribution in [-0.4, -0.2) is 12.1 Å². The third kappa shape index (κ3) is 2.72. The zero-order chi connectivity index (χ0) is 14.9. The minimum Gasteiger partial charge on any atom is -0.494 e. The quantitative estimate of drug-likeness (QED) is 0.706. The molecule has 0 unspecified atom stereocenters. The summed E-state index contributed by atoms with van der Waals surface area (Å²) in [5, 5.41) is 2.77. The second-order valence-corrected chi connectivity index (χ2v) is 5.40. The fourth-order valence-electron chi connectivity index (χ4n) is 1.78. The van der Waals surface area contributed by atoms with Crippen molar-refractivity contribution in [3.8, 4) is 5.75 Å². The summed E-state index contributed by atoms with van der Waals surface area (Å²) in [4.78, 5) is 14.3. The Kier molecular flexibility index (Phi) is 4.17. The number of benzene rings is 1. The lowest BCUT2D eigenvalue weighted by Gasteiger charge is -2.14. The van der Waals surface area contributed by atoms with E-state index in [0.717, 1.165) is 3.57 Å². The summed E-state index contributed by atoms with van der Waals surface area (Å²) in [5.74, 6) is 0.0522. The number of halogens is 2. The second-order valence-electron chi connectivity index (χ2n) is 4.15. The molecule has 2 rings (SSSR count). The molecule has 0 aliphatic carbocycles. The Balaban J connectivity index is 2.49. The van der Waals surface area contributed by atoms with Gasteiger partial charge in [-0.3, -0.25) is 4.79 Å². The number of hydrogen-bond donors (Lipinski definition) is 3. The fraction of sp³-hybridized carbons (Fsp3) is 0.154. The molecule has 1 aromatic heterocycles. The van der Waals surface area contributed by atoms with Crippen molar-refractivity contribution < 1.29 is 9.13 Å². The number of hydrogen-bond acceptors (Lipinski definition) is 4. The molecule has 0 aliphatic heterocycles. The summed E-state index contributed by atoms with van der Waals surface area (Å²) >= 11 is 2.01. The van der Waals surface area contributed by atoms with Gasteiger partial charge in [0.1, 0.15) is 17.3 Å². The number of H-pyrrole nitrogens is 1. The number of ether oxygens (including phenoxy) is 1. The van der Waals surface area contributed by atoms with E-state index in [0.29, 0.717) is 5.56 Å². The number of aromatic nitrogens is 1. The van der Waals surface area contributed by atoms with Gasteiger partial charge in [0.15, 0.2) is 5.75 Å². The molecule has 0 saturated carbocycles. The Morgan fingerprint density at radius 2 is 2.15 bits per heavy atom. The molecule has 20 heavy (non-hydrogen) atoms. The van der Waals surface area contributed by atoms with Crippen molar-refractivity contribution in [3.63, 3.8) is 0 Å². The molecular weight excluding hydrogens is 376 g/mol. The molecule has 0 aliphatic rings. The number of aromatic amines is 1. The highest BCUT2D eigenvalue weighted by Crippen LogP contribution is 2.31. The van der Waals surface area contributed by atoms with E-state index in [-0.39, 0.29) is 28.5 Å². The summed E-state index contributed by atoms with van der Waals surface area (Å²) in [6.45, 7) is 1.60. The number of nitrogens with one attached hydrogen (secondary N) is 2. The average Bonchev–Trinajstić information content (AvgIpc) is 2.39. The number of nitrogen functional groups attached to an aromatic ring is 1. The maximum atomic E-state index is 13.8. The third-order valence-electron chi connectivity index (χ3n) is 2.83. The highest BCUT2D eigenvalue weighted by Gasteiger charge is 2.14. The first-order valence-corrected chi connectivity index (χ1v) is 6.80. The maximum Gasteiger partial charge on any atom is 0.256 e. The van der Waals surface area contributed by atoms with Crippen molar-refractivity contribution in [3.05, 3.63) is 43.5 Å². The second kappa shape index (κ2) is 5.70. The van der Waals surface area contributed by atoms with E-state index in [2.05, 4.69) is 10.3 Å². The molecule has 0 atom stereocenters. The van der Waals surface area contributed by atoms with Gasteiger partial charge in [-0.15, -0.1) is 0 Å². The highest BCUT2D eigenvalue weighted by atomic mass is 127. The van der Waals surface area contributed by atoms with Gasteiger partial charge in [-0.1, -0.05) is 0 Å². The van der Waals surface area contributed by atoms with Crippen LogP contribution < -0.4 is 21.3 Å². The first kappa shape index (κ1) is 14.6. The molecule has 0 spiro atoms. The van der Waals surface area contributed by atoms with Crippen molar-refractivity contribution in [1.82, 2.24) is 4.98 Å². The minimum atomic E-state index is -0.434. The van der Waals surface area contributed by atoms with Gasteiger partial charge >= 0.3 is 0 Å². The Morgan fingerprint density at radius 1 is 1.45 bits per heavy atom. The molecule has 1 aromatic carbocycles. The average molecular weight is 389 g/mol. The standard InChI is InChI=1S/C13H13FIN3O2/c1-6-11(20-2)10(16)12(18-13(6)19)17-9-4-3-7(15)5-8(9)14/h3-5H,16H2,1-2H3,(H2,17,18,19). The number of nitrogens with two attached hydrogens (primary N) is 1. The Morgan fingerprint density at radius 3 is 2.75 bits per heavy atom. The van der Waals surface area contributed by atoms with Crippen molar-refractivity contribution in [2.45, 2.75) is 6.92 Å². The van der Waals surface area contributed by atoms with E-state index in [9.17, 15) is 9.18 Å². The SMILES string of the molecule is COc1c(N)c(Nc2ccc(I)cc2F)[nH]c(=O)c1C. The van der Waals surface area contributed by atoms with Crippen LogP contribution in [0, 0.1) is 16.3 Å². The molecular formula is C13H13FIN3O2. The van der Waals surface area contributed by atoms with Crippen LogP contribution in [0.15, 0.2) is 23.0 Å². The zero-order valence-corrected chi connectivity index (χ0v) is 13.0. The van der Waals surface area contributed by atoms with E-state index >= 15 is 0 Å². The predicted octanol–water partition coefficient (Wildman–Crippen LogP) is 2.76. The van der Waals surface area contributed by atoms with Crippen LogP contribution in [0.2, 0.25) is 0 Å². The summed E-state index contributed by atoms with van der Waals surface area (Å²) in [7, 11) is 1.42. The lowest BCUT2D eigenvalue weighted by molar-refractivity contribution is 0.413. The molecule has 106 valence electrons. The Hall–Kier alpha value is -1.77. The van der Waals surface area contributed by atoms with Crippen molar-refractivity contribution in [2.24, 2.45) is 0 Å². The lowest BCUT2D eigenvalue weighted by atomic mass is 10.2. The van der Waals surface area contributed by atoms with Gasteiger partial charge in [-0.25, -0.2) is 4.39 Å². The largest absolute Gasteiger partial charge is 0.494 e. The van der Waals surface area contributed by atoms with Crippen LogP contribution in [0.5, 0.6) is 5.75 Å². The van der Waals surface area contributed by atoms with Gasteiger partial charge in [-0.05, 0) is 47.7 Å². The summed E-state index contributed by atoms with van der Waals surface area (Å²) < 4.78 is 19.7. The minimum absolute atomic E-state index is 0.206. The van der Waals surface area contributed by atoms with Crippen LogP contribution in [-0.2, 0) is 0 Å². The lowest BCUT2D eigenvalue weighted by Crippen LogP contribution is -2.16. The number of methoxy groups -OCH3 is 1. The van der Waals surface area contributed by atoms with Gasteiger partial charge in [0.25, 0.3) is 5.56 Å². The van der Waals surface area contributed by atoms with Crippen LogP contribution in [0.4, 0.5) is 21.6 Å². The van der Waals surface area contributed by atoms with E-state index in [4.69, 9.17) is 10.5 Å². The van der Waals surface area contributed by atoms with Crippen LogP contribution in [0.1, 0.15) is 5.56 Å². The van der Waals surface area contributed by atoms with Crippen molar-refractivity contribution in [2.75, 3.05) is 18.2 Å². The van der Waals surface area contributed by atoms with Gasteiger partial charge in [-0.2, -0.15) is 0 Å². The van der Waals surface area contributed by atoms with Gasteiger partial charge in [0.05, 0.1) is 18.4 Å². The highest BCUT2D eigenvalue weighted by molar-refractivity contribution is 14.1. The normalized spacial score (nSPS) is 10.4. The van der Waals surface area contributed by atoms with E-state index < -0.39 is 5.82 Å². The molecule has 5 nitrogen and oxygen atoms in total. The molecule has 4 N–H and O–H groups in total. The van der Waals surface area contributed by atoms with E-state index in [1.165, 1.54) is 13.2 Å². The fourth-order valence-corrected chi connectivity index (χ4v) is 2.23. The van der Waals surface area contributed by atoms with Crippen molar-refractivity contribution >= 4 is 39.8 Å². The van der Waals surface area contributed by atoms with Crippen LogP contribution in [0.3, 0.4) is 0 Å². The first-order chi connectivity index (χ1) is 9.43. The molecule has 7 heteroatoms. The summed E-state index contributed by atoms with van der Waals surface area (Å²) in [6, 6.07) is 4.69. The van der Waals surface area contributed by atoms with E-state index in [1.54, 1.807) is 19.1 Å². The molecule has 0 saturated heterocycles. The monoisotopic (exact) mass is 389 g/mol. The molecule has 0 fully saturated rings. The maximum absolute atomic E-state index is 13.8. The first-order valence-electron chi connectivity index (χ1n) is 5.72. The topological polar surface area (TPSA) is 80.1 Å².